The number of carbonyl (C=O) groups excluding carboxylic acids is 2. The molecule has 0 atom stereocenters. The molecular formula is C18H20N8O3. The molecule has 0 unspecified atom stereocenters. The SMILES string of the molecule is COc1ccc2cc(NC(=O)N3CCN(C(=O)Cn4cnnn4)CC3)ccc2n1. The molecule has 1 aliphatic rings. The number of nitrogens with zero attached hydrogens (tertiary/aromatic N) is 7. The molecule has 29 heavy (non-hydrogen) atoms. The van der Waals surface area contributed by atoms with Crippen molar-refractivity contribution in [1.82, 2.24) is 35.0 Å². The summed E-state index contributed by atoms with van der Waals surface area (Å²) < 4.78 is 6.51. The maximum absolute atomic E-state index is 12.6. The minimum Gasteiger partial charge on any atom is -0.481 e. The van der Waals surface area contributed by atoms with Gasteiger partial charge in [-0.15, -0.1) is 5.10 Å². The molecule has 1 aromatic carbocycles. The number of aromatic nitrogens is 5. The number of pyridine rings is 1. The van der Waals surface area contributed by atoms with Crippen molar-refractivity contribution < 1.29 is 14.3 Å². The highest BCUT2D eigenvalue weighted by molar-refractivity contribution is 5.93. The zero-order valence-electron chi connectivity index (χ0n) is 15.9. The van der Waals surface area contributed by atoms with Crippen molar-refractivity contribution in [2.75, 3.05) is 38.6 Å². The minimum atomic E-state index is -0.196. The second kappa shape index (κ2) is 8.09. The van der Waals surface area contributed by atoms with Crippen LogP contribution in [0.5, 0.6) is 5.88 Å². The molecule has 11 nitrogen and oxygen atoms in total. The predicted molar refractivity (Wildman–Crippen MR) is 103 cm³/mol. The highest BCUT2D eigenvalue weighted by Gasteiger charge is 2.24. The Morgan fingerprint density at radius 2 is 1.90 bits per heavy atom. The summed E-state index contributed by atoms with van der Waals surface area (Å²) in [7, 11) is 1.57. The maximum atomic E-state index is 12.6. The number of urea groups is 1. The van der Waals surface area contributed by atoms with Crippen LogP contribution in [0.2, 0.25) is 0 Å². The predicted octanol–water partition coefficient (Wildman–Crippen LogP) is 0.606. The number of benzene rings is 1. The van der Waals surface area contributed by atoms with Gasteiger partial charge in [0.2, 0.25) is 11.8 Å². The summed E-state index contributed by atoms with van der Waals surface area (Å²) in [5, 5.41) is 14.5. The van der Waals surface area contributed by atoms with Crippen molar-refractivity contribution >= 4 is 28.5 Å². The standard InChI is InChI=1S/C18H20N8O3/c1-29-16-5-2-13-10-14(3-4-15(13)21-16)20-18(28)25-8-6-24(7-9-25)17(27)11-26-12-19-22-23-26/h2-5,10,12H,6-9,11H2,1H3,(H,20,28). The first kappa shape index (κ1) is 18.6. The number of methoxy groups -OCH3 is 1. The summed E-state index contributed by atoms with van der Waals surface area (Å²) >= 11 is 0. The summed E-state index contributed by atoms with van der Waals surface area (Å²) in [6.07, 6.45) is 1.40. The third-order valence-corrected chi connectivity index (χ3v) is 4.73. The number of piperazine rings is 1. The molecule has 1 saturated heterocycles. The molecule has 2 aromatic heterocycles. The fraction of sp³-hybridized carbons (Fsp3) is 0.333. The van der Waals surface area contributed by atoms with Crippen molar-refractivity contribution in [2.24, 2.45) is 0 Å². The van der Waals surface area contributed by atoms with Gasteiger partial charge in [-0.3, -0.25) is 4.79 Å². The lowest BCUT2D eigenvalue weighted by atomic mass is 10.2. The van der Waals surface area contributed by atoms with Crippen LogP contribution in [-0.4, -0.2) is 80.2 Å². The van der Waals surface area contributed by atoms with Crippen LogP contribution in [0.3, 0.4) is 0 Å². The minimum absolute atomic E-state index is 0.0742. The van der Waals surface area contributed by atoms with Crippen molar-refractivity contribution in [3.05, 3.63) is 36.7 Å². The van der Waals surface area contributed by atoms with E-state index in [4.69, 9.17) is 4.74 Å². The molecule has 3 amide bonds. The smallest absolute Gasteiger partial charge is 0.321 e. The Morgan fingerprint density at radius 3 is 2.62 bits per heavy atom. The highest BCUT2D eigenvalue weighted by Crippen LogP contribution is 2.21. The lowest BCUT2D eigenvalue weighted by Gasteiger charge is -2.34. The molecule has 0 aliphatic carbocycles. The van der Waals surface area contributed by atoms with Crippen LogP contribution in [0.25, 0.3) is 10.9 Å². The zero-order chi connectivity index (χ0) is 20.2. The van der Waals surface area contributed by atoms with Crippen LogP contribution in [0.15, 0.2) is 36.7 Å². The number of carbonyl (C=O) groups is 2. The second-order valence-corrected chi connectivity index (χ2v) is 6.57. The first-order valence-corrected chi connectivity index (χ1v) is 9.11. The van der Waals surface area contributed by atoms with E-state index in [0.717, 1.165) is 10.9 Å². The first-order chi connectivity index (χ1) is 14.1. The quantitative estimate of drug-likeness (QED) is 0.686. The number of amides is 3. The van der Waals surface area contributed by atoms with E-state index >= 15 is 0 Å². The molecule has 3 heterocycles. The molecule has 0 radical (unpaired) electrons. The van der Waals surface area contributed by atoms with Gasteiger partial charge in [0, 0.05) is 43.3 Å². The average molecular weight is 396 g/mol. The molecule has 1 aliphatic heterocycles. The molecule has 0 bridgehead atoms. The third-order valence-electron chi connectivity index (χ3n) is 4.73. The van der Waals surface area contributed by atoms with Gasteiger partial charge in [-0.1, -0.05) is 0 Å². The van der Waals surface area contributed by atoms with E-state index in [1.54, 1.807) is 29.0 Å². The van der Waals surface area contributed by atoms with Crippen LogP contribution in [0.4, 0.5) is 10.5 Å². The van der Waals surface area contributed by atoms with Gasteiger partial charge in [-0.2, -0.15) is 0 Å². The number of hydrogen-bond donors (Lipinski definition) is 1. The molecule has 1 N–H and O–H groups in total. The Morgan fingerprint density at radius 1 is 1.10 bits per heavy atom. The Labute approximate surface area is 166 Å². The third kappa shape index (κ3) is 4.23. The molecule has 1 fully saturated rings. The molecule has 0 saturated carbocycles. The van der Waals surface area contributed by atoms with Crippen LogP contribution in [0, 0.1) is 0 Å². The number of nitrogens with one attached hydrogen (secondary N) is 1. The molecule has 3 aromatic rings. The van der Waals surface area contributed by atoms with Crippen LogP contribution in [0.1, 0.15) is 0 Å². The van der Waals surface area contributed by atoms with Gasteiger partial charge in [-0.25, -0.2) is 14.5 Å². The lowest BCUT2D eigenvalue weighted by molar-refractivity contribution is -0.133. The van der Waals surface area contributed by atoms with Gasteiger partial charge in [0.1, 0.15) is 12.9 Å². The average Bonchev–Trinajstić information content (AvgIpc) is 3.26. The van der Waals surface area contributed by atoms with E-state index in [2.05, 4.69) is 25.8 Å². The van der Waals surface area contributed by atoms with Crippen LogP contribution >= 0.6 is 0 Å². The van der Waals surface area contributed by atoms with Gasteiger partial charge in [0.25, 0.3) is 0 Å². The summed E-state index contributed by atoms with van der Waals surface area (Å²) in [4.78, 5) is 32.6. The summed E-state index contributed by atoms with van der Waals surface area (Å²) in [5.74, 6) is 0.469. The first-order valence-electron chi connectivity index (χ1n) is 9.11. The number of tetrazole rings is 1. The number of ether oxygens (including phenoxy) is 1. The van der Waals surface area contributed by atoms with Crippen LogP contribution < -0.4 is 10.1 Å². The summed E-state index contributed by atoms with van der Waals surface area (Å²) in [5.41, 5.74) is 1.48. The van der Waals surface area contributed by atoms with Gasteiger partial charge in [0.15, 0.2) is 0 Å². The normalized spacial score (nSPS) is 14.1. The fourth-order valence-corrected chi connectivity index (χ4v) is 3.15. The van der Waals surface area contributed by atoms with E-state index < -0.39 is 0 Å². The molecule has 150 valence electrons. The number of rotatable bonds is 4. The number of hydrogen-bond acceptors (Lipinski definition) is 7. The van der Waals surface area contributed by atoms with E-state index in [-0.39, 0.29) is 18.5 Å². The van der Waals surface area contributed by atoms with Crippen molar-refractivity contribution in [2.45, 2.75) is 6.54 Å². The Bertz CT molecular complexity index is 1020. The van der Waals surface area contributed by atoms with Crippen LogP contribution in [-0.2, 0) is 11.3 Å². The number of anilines is 1. The topological polar surface area (TPSA) is 118 Å². The van der Waals surface area contributed by atoms with Crippen molar-refractivity contribution in [3.63, 3.8) is 0 Å². The molecule has 4 rings (SSSR count). The van der Waals surface area contributed by atoms with Gasteiger partial charge < -0.3 is 19.9 Å². The largest absolute Gasteiger partial charge is 0.481 e. The molecule has 0 spiro atoms. The number of fused-ring (bicyclic) bond motifs is 1. The second-order valence-electron chi connectivity index (χ2n) is 6.57. The van der Waals surface area contributed by atoms with Crippen molar-refractivity contribution in [3.8, 4) is 5.88 Å². The Kier molecular flexibility index (Phi) is 5.18. The molecule has 11 heteroatoms. The Balaban J connectivity index is 1.32. The van der Waals surface area contributed by atoms with E-state index in [0.29, 0.717) is 37.7 Å². The molecular weight excluding hydrogens is 376 g/mol. The summed E-state index contributed by atoms with van der Waals surface area (Å²) in [6.45, 7) is 1.94. The van der Waals surface area contributed by atoms with E-state index in [1.165, 1.54) is 11.0 Å². The van der Waals surface area contributed by atoms with E-state index in [1.807, 2.05) is 18.2 Å². The van der Waals surface area contributed by atoms with Crippen molar-refractivity contribution in [1.29, 1.82) is 0 Å². The monoisotopic (exact) mass is 396 g/mol. The fourth-order valence-electron chi connectivity index (χ4n) is 3.15. The van der Waals surface area contributed by atoms with Gasteiger partial charge in [-0.05, 0) is 34.7 Å². The van der Waals surface area contributed by atoms with E-state index in [9.17, 15) is 9.59 Å². The zero-order valence-corrected chi connectivity index (χ0v) is 15.9. The lowest BCUT2D eigenvalue weighted by Crippen LogP contribution is -2.52. The Hall–Kier alpha value is -3.76. The van der Waals surface area contributed by atoms with Gasteiger partial charge >= 0.3 is 6.03 Å². The van der Waals surface area contributed by atoms with Gasteiger partial charge in [0.05, 0.1) is 12.6 Å². The highest BCUT2D eigenvalue weighted by atomic mass is 16.5. The summed E-state index contributed by atoms with van der Waals surface area (Å²) in [6, 6.07) is 8.98. The maximum Gasteiger partial charge on any atom is 0.321 e.